The highest BCUT2D eigenvalue weighted by Gasteiger charge is 2.17. The predicted octanol–water partition coefficient (Wildman–Crippen LogP) is 4.11. The molecule has 0 radical (unpaired) electrons. The summed E-state index contributed by atoms with van der Waals surface area (Å²) < 4.78 is 55.3. The van der Waals surface area contributed by atoms with Crippen LogP contribution in [0.1, 0.15) is 23.2 Å². The number of benzene rings is 2. The largest absolute Gasteiger partial charge is 0.493 e. The van der Waals surface area contributed by atoms with Crippen LogP contribution in [-0.2, 0) is 11.3 Å². The van der Waals surface area contributed by atoms with Crippen molar-refractivity contribution in [3.63, 3.8) is 0 Å². The number of rotatable bonds is 10. The standard InChI is InChI=1S/C21H20F2N2O7/c1-4-29-17-10-13(6-7-14(17)27-2)20(26)30-11-18-24-19(25-32-18)12-5-8-15(31-21(22)23)16(9-12)28-3/h5-10,21H,4,11H2,1-3H3. The number of aromatic nitrogens is 2. The molecule has 1 aromatic heterocycles. The number of hydrogen-bond acceptors (Lipinski definition) is 9. The fourth-order valence-corrected chi connectivity index (χ4v) is 2.71. The number of halogens is 2. The molecule has 3 rings (SSSR count). The van der Waals surface area contributed by atoms with Gasteiger partial charge in [0.1, 0.15) is 0 Å². The molecule has 0 saturated carbocycles. The SMILES string of the molecule is CCOc1cc(C(=O)OCc2nc(-c3ccc(OC(F)F)c(OC)c3)no2)ccc1OC. The third-order valence-corrected chi connectivity index (χ3v) is 4.13. The van der Waals surface area contributed by atoms with Crippen LogP contribution in [0.25, 0.3) is 11.4 Å². The van der Waals surface area contributed by atoms with Crippen LogP contribution in [0.15, 0.2) is 40.9 Å². The molecule has 0 spiro atoms. The van der Waals surface area contributed by atoms with Crippen LogP contribution >= 0.6 is 0 Å². The van der Waals surface area contributed by atoms with Crippen LogP contribution in [0.4, 0.5) is 8.78 Å². The van der Waals surface area contributed by atoms with Crippen molar-refractivity contribution in [3.8, 4) is 34.4 Å². The molecule has 2 aromatic carbocycles. The van der Waals surface area contributed by atoms with Crippen molar-refractivity contribution in [1.82, 2.24) is 10.1 Å². The molecule has 1 heterocycles. The maximum atomic E-state index is 12.5. The molecule has 0 N–H and O–H groups in total. The average Bonchev–Trinajstić information content (AvgIpc) is 3.26. The van der Waals surface area contributed by atoms with Crippen molar-refractivity contribution in [2.75, 3.05) is 20.8 Å². The number of esters is 1. The zero-order valence-electron chi connectivity index (χ0n) is 17.5. The van der Waals surface area contributed by atoms with Crippen LogP contribution in [0.3, 0.4) is 0 Å². The average molecular weight is 450 g/mol. The molecule has 0 fully saturated rings. The first-order valence-electron chi connectivity index (χ1n) is 9.38. The van der Waals surface area contributed by atoms with Gasteiger partial charge in [-0.1, -0.05) is 5.16 Å². The van der Waals surface area contributed by atoms with Crippen LogP contribution in [0, 0.1) is 0 Å². The lowest BCUT2D eigenvalue weighted by Crippen LogP contribution is -2.06. The first-order chi connectivity index (χ1) is 15.4. The van der Waals surface area contributed by atoms with E-state index in [1.807, 2.05) is 6.92 Å². The summed E-state index contributed by atoms with van der Waals surface area (Å²) >= 11 is 0. The third kappa shape index (κ3) is 5.42. The second-order valence-electron chi connectivity index (χ2n) is 6.13. The monoisotopic (exact) mass is 450 g/mol. The Morgan fingerprint density at radius 1 is 1.03 bits per heavy atom. The lowest BCUT2D eigenvalue weighted by molar-refractivity contribution is -0.0512. The van der Waals surface area contributed by atoms with Gasteiger partial charge in [-0.25, -0.2) is 4.79 Å². The van der Waals surface area contributed by atoms with E-state index < -0.39 is 12.6 Å². The zero-order valence-corrected chi connectivity index (χ0v) is 17.5. The van der Waals surface area contributed by atoms with Gasteiger partial charge in [0.25, 0.3) is 5.89 Å². The molecular weight excluding hydrogens is 430 g/mol. The molecule has 9 nitrogen and oxygen atoms in total. The van der Waals surface area contributed by atoms with Gasteiger partial charge < -0.3 is 28.2 Å². The summed E-state index contributed by atoms with van der Waals surface area (Å²) in [6.07, 6.45) is 0. The van der Waals surface area contributed by atoms with Gasteiger partial charge in [0.05, 0.1) is 26.4 Å². The Balaban J connectivity index is 1.68. The molecular formula is C21H20F2N2O7. The number of alkyl halides is 2. The van der Waals surface area contributed by atoms with Gasteiger partial charge in [0, 0.05) is 5.56 Å². The molecule has 3 aromatic rings. The van der Waals surface area contributed by atoms with Crippen molar-refractivity contribution in [2.24, 2.45) is 0 Å². The summed E-state index contributed by atoms with van der Waals surface area (Å²) in [5, 5.41) is 3.81. The quantitative estimate of drug-likeness (QED) is 0.422. The number of carbonyl (C=O) groups excluding carboxylic acids is 1. The molecule has 0 aliphatic rings. The summed E-state index contributed by atoms with van der Waals surface area (Å²) in [7, 11) is 2.81. The first kappa shape index (κ1) is 22.8. The molecule has 0 atom stereocenters. The van der Waals surface area contributed by atoms with Crippen molar-refractivity contribution >= 4 is 5.97 Å². The predicted molar refractivity (Wildman–Crippen MR) is 106 cm³/mol. The third-order valence-electron chi connectivity index (χ3n) is 4.13. The Labute approximate surface area is 181 Å². The van der Waals surface area contributed by atoms with Gasteiger partial charge in [-0.15, -0.1) is 0 Å². The molecule has 11 heteroatoms. The van der Waals surface area contributed by atoms with E-state index in [1.165, 1.54) is 44.6 Å². The van der Waals surface area contributed by atoms with Crippen molar-refractivity contribution in [2.45, 2.75) is 20.1 Å². The minimum Gasteiger partial charge on any atom is -0.493 e. The van der Waals surface area contributed by atoms with Gasteiger partial charge in [0.2, 0.25) is 5.82 Å². The van der Waals surface area contributed by atoms with E-state index in [0.717, 1.165) is 0 Å². The van der Waals surface area contributed by atoms with Crippen molar-refractivity contribution in [3.05, 3.63) is 47.9 Å². The molecule has 32 heavy (non-hydrogen) atoms. The molecule has 0 saturated heterocycles. The molecule has 0 amide bonds. The molecule has 0 aliphatic heterocycles. The Morgan fingerprint density at radius 3 is 2.47 bits per heavy atom. The van der Waals surface area contributed by atoms with Gasteiger partial charge in [0.15, 0.2) is 29.6 Å². The number of nitrogens with zero attached hydrogens (tertiary/aromatic N) is 2. The second-order valence-corrected chi connectivity index (χ2v) is 6.13. The molecule has 0 aliphatic carbocycles. The highest BCUT2D eigenvalue weighted by molar-refractivity contribution is 5.90. The maximum Gasteiger partial charge on any atom is 0.387 e. The van der Waals surface area contributed by atoms with E-state index in [9.17, 15) is 13.6 Å². The minimum absolute atomic E-state index is 0.0405. The van der Waals surface area contributed by atoms with Crippen LogP contribution in [-0.4, -0.2) is 43.5 Å². The van der Waals surface area contributed by atoms with Crippen LogP contribution in [0.2, 0.25) is 0 Å². The van der Waals surface area contributed by atoms with Gasteiger partial charge in [-0.3, -0.25) is 0 Å². The van der Waals surface area contributed by atoms with E-state index in [0.29, 0.717) is 23.7 Å². The number of hydrogen-bond donors (Lipinski definition) is 0. The van der Waals surface area contributed by atoms with Gasteiger partial charge in [-0.05, 0) is 43.3 Å². The lowest BCUT2D eigenvalue weighted by Gasteiger charge is -2.10. The second kappa shape index (κ2) is 10.4. The summed E-state index contributed by atoms with van der Waals surface area (Å²) in [6, 6.07) is 8.84. The van der Waals surface area contributed by atoms with E-state index in [2.05, 4.69) is 14.9 Å². The van der Waals surface area contributed by atoms with E-state index in [4.69, 9.17) is 23.5 Å². The summed E-state index contributed by atoms with van der Waals surface area (Å²) in [4.78, 5) is 16.5. The van der Waals surface area contributed by atoms with Gasteiger partial charge in [-0.2, -0.15) is 13.8 Å². The Morgan fingerprint density at radius 2 is 1.78 bits per heavy atom. The van der Waals surface area contributed by atoms with Gasteiger partial charge >= 0.3 is 12.6 Å². The van der Waals surface area contributed by atoms with E-state index in [-0.39, 0.29) is 35.4 Å². The zero-order chi connectivity index (χ0) is 23.1. The molecule has 0 bridgehead atoms. The Bertz CT molecular complexity index is 1070. The summed E-state index contributed by atoms with van der Waals surface area (Å²) in [5.74, 6) is 0.423. The van der Waals surface area contributed by atoms with Crippen LogP contribution < -0.4 is 18.9 Å². The number of carbonyl (C=O) groups is 1. The topological polar surface area (TPSA) is 102 Å². The maximum absolute atomic E-state index is 12.5. The Hall–Kier alpha value is -3.89. The summed E-state index contributed by atoms with van der Waals surface area (Å²) in [6.45, 7) is -1.05. The molecule has 0 unspecified atom stereocenters. The van der Waals surface area contributed by atoms with E-state index >= 15 is 0 Å². The molecule has 170 valence electrons. The van der Waals surface area contributed by atoms with Crippen molar-refractivity contribution in [1.29, 1.82) is 0 Å². The highest BCUT2D eigenvalue weighted by atomic mass is 19.3. The fourth-order valence-electron chi connectivity index (χ4n) is 2.71. The van der Waals surface area contributed by atoms with Crippen molar-refractivity contribution < 1.29 is 41.8 Å². The first-order valence-corrected chi connectivity index (χ1v) is 9.38. The minimum atomic E-state index is -2.99. The van der Waals surface area contributed by atoms with Crippen LogP contribution in [0.5, 0.6) is 23.0 Å². The fraction of sp³-hybridized carbons (Fsp3) is 0.286. The number of methoxy groups -OCH3 is 2. The van der Waals surface area contributed by atoms with E-state index in [1.54, 1.807) is 6.07 Å². The normalized spacial score (nSPS) is 10.7. The summed E-state index contributed by atoms with van der Waals surface area (Å²) in [5.41, 5.74) is 0.689. The lowest BCUT2D eigenvalue weighted by atomic mass is 10.2. The smallest absolute Gasteiger partial charge is 0.387 e. The highest BCUT2D eigenvalue weighted by Crippen LogP contribution is 2.33. The Kier molecular flexibility index (Phi) is 7.42. The number of ether oxygens (including phenoxy) is 5.